The molecule has 4 nitrogen and oxygen atoms in total. The highest BCUT2D eigenvalue weighted by molar-refractivity contribution is 5.71. The van der Waals surface area contributed by atoms with Gasteiger partial charge in [0.1, 0.15) is 0 Å². The van der Waals surface area contributed by atoms with E-state index in [1.165, 1.54) is 7.11 Å². The molecule has 0 amide bonds. The van der Waals surface area contributed by atoms with E-state index in [2.05, 4.69) is 33.2 Å². The summed E-state index contributed by atoms with van der Waals surface area (Å²) in [7, 11) is 1.38. The van der Waals surface area contributed by atoms with Crippen molar-refractivity contribution in [2.24, 2.45) is 0 Å². The molecule has 0 bridgehead atoms. The summed E-state index contributed by atoms with van der Waals surface area (Å²) in [5, 5.41) is 3.03. The van der Waals surface area contributed by atoms with Gasteiger partial charge in [-0.3, -0.25) is 9.78 Å². The first kappa shape index (κ1) is 17.9. The van der Waals surface area contributed by atoms with Crippen LogP contribution in [-0.4, -0.2) is 24.6 Å². The summed E-state index contributed by atoms with van der Waals surface area (Å²) in [6, 6.07) is 10.3. The second kappa shape index (κ2) is 9.68. The molecule has 0 aliphatic heterocycles. The van der Waals surface area contributed by atoms with Crippen LogP contribution in [0.2, 0.25) is 0 Å². The molecule has 0 saturated heterocycles. The Labute approximate surface area is 132 Å². The average Bonchev–Trinajstić information content (AvgIpc) is 2.57. The molecule has 1 heterocycles. The van der Waals surface area contributed by atoms with Crippen LogP contribution in [0, 0.1) is 6.92 Å². The number of aryl methyl sites for hydroxylation is 1. The Morgan fingerprint density at radius 1 is 1.14 bits per heavy atom. The fourth-order valence-electron chi connectivity index (χ4n) is 1.91. The number of esters is 1. The Kier molecular flexibility index (Phi) is 7.86. The van der Waals surface area contributed by atoms with Crippen molar-refractivity contribution in [1.82, 2.24) is 10.3 Å². The minimum atomic E-state index is -0.257. The van der Waals surface area contributed by atoms with Crippen LogP contribution in [0.15, 0.2) is 42.7 Å². The van der Waals surface area contributed by atoms with E-state index in [9.17, 15) is 4.79 Å². The number of ether oxygens (including phenoxy) is 1. The van der Waals surface area contributed by atoms with Gasteiger partial charge in [-0.25, -0.2) is 0 Å². The van der Waals surface area contributed by atoms with Crippen molar-refractivity contribution in [3.8, 4) is 11.1 Å². The maximum absolute atomic E-state index is 11.0. The molecule has 1 aromatic heterocycles. The van der Waals surface area contributed by atoms with Crippen LogP contribution in [0.4, 0.5) is 0 Å². The quantitative estimate of drug-likeness (QED) is 0.860. The summed E-state index contributed by atoms with van der Waals surface area (Å²) in [5.74, 6) is -0.257. The lowest BCUT2D eigenvalue weighted by Gasteiger charge is -2.06. The molecule has 2 rings (SSSR count). The summed E-state index contributed by atoms with van der Waals surface area (Å²) >= 11 is 0. The fourth-order valence-corrected chi connectivity index (χ4v) is 1.91. The number of nitrogens with zero attached hydrogens (tertiary/aromatic N) is 1. The lowest BCUT2D eigenvalue weighted by Crippen LogP contribution is -2.23. The van der Waals surface area contributed by atoms with E-state index in [4.69, 9.17) is 0 Å². The van der Waals surface area contributed by atoms with Crippen LogP contribution >= 0.6 is 0 Å². The number of nitrogens with one attached hydrogen (secondary N) is 1. The molecule has 0 saturated carbocycles. The molecular formula is C18H24N2O2. The van der Waals surface area contributed by atoms with Crippen molar-refractivity contribution in [3.05, 3.63) is 53.9 Å². The third kappa shape index (κ3) is 5.66. The molecule has 0 fully saturated rings. The molecule has 0 aliphatic rings. The molecule has 0 atom stereocenters. The zero-order chi connectivity index (χ0) is 16.4. The summed E-state index contributed by atoms with van der Waals surface area (Å²) < 4.78 is 4.57. The van der Waals surface area contributed by atoms with Gasteiger partial charge in [0.2, 0.25) is 0 Å². The highest BCUT2D eigenvalue weighted by Gasteiger charge is 2.01. The van der Waals surface area contributed by atoms with Gasteiger partial charge in [0.25, 0.3) is 0 Å². The summed E-state index contributed by atoms with van der Waals surface area (Å²) in [6.07, 6.45) is 3.70. The van der Waals surface area contributed by atoms with Crippen molar-refractivity contribution in [2.75, 3.05) is 13.7 Å². The lowest BCUT2D eigenvalue weighted by molar-refractivity contribution is -0.139. The smallest absolute Gasteiger partial charge is 0.319 e. The van der Waals surface area contributed by atoms with Gasteiger partial charge in [-0.05, 0) is 29.7 Å². The Morgan fingerprint density at radius 3 is 2.41 bits per heavy atom. The first-order chi connectivity index (χ1) is 10.7. The Morgan fingerprint density at radius 2 is 1.82 bits per heavy atom. The van der Waals surface area contributed by atoms with Crippen LogP contribution in [-0.2, 0) is 16.1 Å². The minimum Gasteiger partial charge on any atom is -0.468 e. The van der Waals surface area contributed by atoms with Crippen molar-refractivity contribution in [3.63, 3.8) is 0 Å². The molecule has 0 unspecified atom stereocenters. The third-order valence-electron chi connectivity index (χ3n) is 2.99. The summed E-state index contributed by atoms with van der Waals surface area (Å²) in [4.78, 5) is 15.2. The first-order valence-electron chi connectivity index (χ1n) is 7.47. The normalized spacial score (nSPS) is 9.64. The van der Waals surface area contributed by atoms with Gasteiger partial charge in [0, 0.05) is 24.5 Å². The third-order valence-corrected chi connectivity index (χ3v) is 2.99. The van der Waals surface area contributed by atoms with E-state index < -0.39 is 0 Å². The Hall–Kier alpha value is -2.20. The van der Waals surface area contributed by atoms with Gasteiger partial charge < -0.3 is 10.1 Å². The summed E-state index contributed by atoms with van der Waals surface area (Å²) in [6.45, 7) is 6.89. The Balaban J connectivity index is 0.00000116. The van der Waals surface area contributed by atoms with Crippen molar-refractivity contribution in [1.29, 1.82) is 0 Å². The van der Waals surface area contributed by atoms with Crippen LogP contribution in [0.3, 0.4) is 0 Å². The summed E-state index contributed by atoms with van der Waals surface area (Å²) in [5.41, 5.74) is 4.52. The second-order valence-corrected chi connectivity index (χ2v) is 4.63. The van der Waals surface area contributed by atoms with E-state index in [0.717, 1.165) is 22.3 Å². The molecular weight excluding hydrogens is 276 g/mol. The van der Waals surface area contributed by atoms with Gasteiger partial charge in [0.05, 0.1) is 13.7 Å². The molecule has 4 heteroatoms. The molecule has 2 aromatic rings. The number of carbonyl (C=O) groups is 1. The molecule has 0 aliphatic carbocycles. The zero-order valence-corrected chi connectivity index (χ0v) is 13.7. The number of benzene rings is 1. The first-order valence-corrected chi connectivity index (χ1v) is 7.47. The molecule has 118 valence electrons. The number of rotatable bonds is 5. The number of methoxy groups -OCH3 is 1. The highest BCUT2D eigenvalue weighted by atomic mass is 16.5. The number of hydrogen-bond acceptors (Lipinski definition) is 4. The molecule has 1 N–H and O–H groups in total. The number of pyridine rings is 1. The largest absolute Gasteiger partial charge is 0.468 e. The lowest BCUT2D eigenvalue weighted by atomic mass is 10.0. The predicted molar refractivity (Wildman–Crippen MR) is 89.5 cm³/mol. The van der Waals surface area contributed by atoms with Crippen LogP contribution < -0.4 is 5.32 Å². The monoisotopic (exact) mass is 300 g/mol. The standard InChI is InChI=1S/C16H18N2O2.C2H6/c1-12-7-15(10-17-8-12)14-5-3-13(4-6-14)9-18-11-16(19)20-2;1-2/h3-8,10,18H,9,11H2,1-2H3;1-2H3. The van der Waals surface area contributed by atoms with Crippen LogP contribution in [0.1, 0.15) is 25.0 Å². The number of aromatic nitrogens is 1. The number of carbonyl (C=O) groups excluding carboxylic acids is 1. The van der Waals surface area contributed by atoms with E-state index in [1.54, 1.807) is 0 Å². The van der Waals surface area contributed by atoms with Crippen molar-refractivity contribution >= 4 is 5.97 Å². The fraction of sp³-hybridized carbons (Fsp3) is 0.333. The highest BCUT2D eigenvalue weighted by Crippen LogP contribution is 2.19. The maximum atomic E-state index is 11.0. The van der Waals surface area contributed by atoms with Crippen molar-refractivity contribution < 1.29 is 9.53 Å². The van der Waals surface area contributed by atoms with E-state index >= 15 is 0 Å². The van der Waals surface area contributed by atoms with E-state index in [1.807, 2.05) is 45.3 Å². The van der Waals surface area contributed by atoms with E-state index in [-0.39, 0.29) is 12.5 Å². The van der Waals surface area contributed by atoms with Crippen LogP contribution in [0.25, 0.3) is 11.1 Å². The van der Waals surface area contributed by atoms with Crippen LogP contribution in [0.5, 0.6) is 0 Å². The Bertz CT molecular complexity index is 580. The SMILES string of the molecule is CC.COC(=O)CNCc1ccc(-c2cncc(C)c2)cc1. The second-order valence-electron chi connectivity index (χ2n) is 4.63. The number of hydrogen-bond donors (Lipinski definition) is 1. The molecule has 1 aromatic carbocycles. The maximum Gasteiger partial charge on any atom is 0.319 e. The van der Waals surface area contributed by atoms with Crippen molar-refractivity contribution in [2.45, 2.75) is 27.3 Å². The van der Waals surface area contributed by atoms with Gasteiger partial charge in [-0.1, -0.05) is 38.1 Å². The molecule has 0 radical (unpaired) electrons. The molecule has 22 heavy (non-hydrogen) atoms. The molecule has 0 spiro atoms. The average molecular weight is 300 g/mol. The van der Waals surface area contributed by atoms with Gasteiger partial charge in [0.15, 0.2) is 0 Å². The predicted octanol–water partition coefficient (Wildman–Crippen LogP) is 3.35. The van der Waals surface area contributed by atoms with Gasteiger partial charge in [-0.2, -0.15) is 0 Å². The zero-order valence-electron chi connectivity index (χ0n) is 13.7. The topological polar surface area (TPSA) is 51.2 Å². The van der Waals surface area contributed by atoms with Gasteiger partial charge >= 0.3 is 5.97 Å². The van der Waals surface area contributed by atoms with Gasteiger partial charge in [-0.15, -0.1) is 0 Å². The van der Waals surface area contributed by atoms with E-state index in [0.29, 0.717) is 6.54 Å². The minimum absolute atomic E-state index is 0.222.